The number of hydrogen-bond donors (Lipinski definition) is 3. The van der Waals surface area contributed by atoms with E-state index in [1.165, 1.54) is 276 Å². The molecule has 0 saturated heterocycles. The van der Waals surface area contributed by atoms with Gasteiger partial charge in [0.1, 0.15) is 0 Å². The number of esters is 1. The quantitative estimate of drug-likeness (QED) is 0.0321. The normalized spacial score (nSPS) is 12.6. The molecule has 0 aromatic rings. The summed E-state index contributed by atoms with van der Waals surface area (Å²) in [7, 11) is 0. The first-order chi connectivity index (χ1) is 33.5. The van der Waals surface area contributed by atoms with Crippen molar-refractivity contribution in [3.8, 4) is 0 Å². The number of nitrogens with one attached hydrogen (secondary N) is 1. The molecule has 0 heterocycles. The third-order valence-corrected chi connectivity index (χ3v) is 14.6. The average Bonchev–Trinajstić information content (AvgIpc) is 3.34. The lowest BCUT2D eigenvalue weighted by Crippen LogP contribution is -2.45. The zero-order chi connectivity index (χ0) is 49.3. The molecular formula is C62H121NO5. The number of aliphatic hydroxyl groups excluding tert-OH is 2. The van der Waals surface area contributed by atoms with Gasteiger partial charge in [0.05, 0.1) is 25.4 Å². The predicted molar refractivity (Wildman–Crippen MR) is 297 cm³/mol. The van der Waals surface area contributed by atoms with Crippen LogP contribution in [0.15, 0.2) is 12.2 Å². The molecule has 2 unspecified atom stereocenters. The summed E-state index contributed by atoms with van der Waals surface area (Å²) in [5.41, 5.74) is 0. The van der Waals surface area contributed by atoms with E-state index < -0.39 is 12.1 Å². The first kappa shape index (κ1) is 66.6. The van der Waals surface area contributed by atoms with E-state index in [0.717, 1.165) is 38.5 Å². The Kier molecular flexibility index (Phi) is 57.0. The standard InChI is InChI=1S/C62H121NO5/c1-3-5-7-9-11-13-15-17-18-19-21-24-27-31-34-38-42-46-50-54-60(65)59(58-64)63-61(66)55-51-47-43-39-35-32-28-25-22-20-23-26-29-33-37-41-45-49-53-57-68-62(67)56-52-48-44-40-36-30-16-14-12-10-8-6-4-2/h20,22,59-60,64-65H,3-19,21,23-58H2,1-2H3,(H,63,66)/b22-20-. The van der Waals surface area contributed by atoms with Gasteiger partial charge in [-0.2, -0.15) is 0 Å². The van der Waals surface area contributed by atoms with E-state index >= 15 is 0 Å². The lowest BCUT2D eigenvalue weighted by molar-refractivity contribution is -0.143. The topological polar surface area (TPSA) is 95.9 Å². The Balaban J connectivity index is 3.43. The summed E-state index contributed by atoms with van der Waals surface area (Å²) in [6.45, 7) is 4.97. The molecule has 0 bridgehead atoms. The molecule has 0 aromatic carbocycles. The van der Waals surface area contributed by atoms with Crippen LogP contribution >= 0.6 is 0 Å². The summed E-state index contributed by atoms with van der Waals surface area (Å²) >= 11 is 0. The van der Waals surface area contributed by atoms with Crippen molar-refractivity contribution in [2.45, 2.75) is 360 Å². The molecule has 0 radical (unpaired) electrons. The van der Waals surface area contributed by atoms with E-state index in [1.54, 1.807) is 0 Å². The van der Waals surface area contributed by atoms with E-state index in [-0.39, 0.29) is 18.5 Å². The lowest BCUT2D eigenvalue weighted by Gasteiger charge is -2.22. The highest BCUT2D eigenvalue weighted by atomic mass is 16.5. The van der Waals surface area contributed by atoms with Gasteiger partial charge < -0.3 is 20.3 Å². The molecule has 0 aliphatic heterocycles. The van der Waals surface area contributed by atoms with Crippen LogP contribution in [0.3, 0.4) is 0 Å². The highest BCUT2D eigenvalue weighted by molar-refractivity contribution is 5.76. The number of rotatable bonds is 58. The van der Waals surface area contributed by atoms with E-state index in [2.05, 4.69) is 31.3 Å². The zero-order valence-electron chi connectivity index (χ0n) is 46.1. The van der Waals surface area contributed by atoms with Gasteiger partial charge in [0.25, 0.3) is 0 Å². The Morgan fingerprint density at radius 1 is 0.397 bits per heavy atom. The summed E-state index contributed by atoms with van der Waals surface area (Å²) in [5, 5.41) is 23.3. The number of hydrogen-bond acceptors (Lipinski definition) is 5. The van der Waals surface area contributed by atoms with E-state index in [9.17, 15) is 19.8 Å². The summed E-state index contributed by atoms with van der Waals surface area (Å²) in [6, 6.07) is -0.548. The second-order valence-corrected chi connectivity index (χ2v) is 21.4. The molecule has 0 spiro atoms. The van der Waals surface area contributed by atoms with Crippen molar-refractivity contribution in [2.24, 2.45) is 0 Å². The van der Waals surface area contributed by atoms with Crippen molar-refractivity contribution in [1.82, 2.24) is 5.32 Å². The van der Waals surface area contributed by atoms with Crippen molar-refractivity contribution in [3.05, 3.63) is 12.2 Å². The highest BCUT2D eigenvalue weighted by Gasteiger charge is 2.20. The molecule has 404 valence electrons. The number of aliphatic hydroxyl groups is 2. The Labute approximate surface area is 425 Å². The fourth-order valence-corrected chi connectivity index (χ4v) is 9.81. The van der Waals surface area contributed by atoms with Crippen LogP contribution in [0.4, 0.5) is 0 Å². The van der Waals surface area contributed by atoms with E-state index in [0.29, 0.717) is 25.9 Å². The number of amides is 1. The summed E-state index contributed by atoms with van der Waals surface area (Å²) in [6.07, 6.45) is 69.3. The van der Waals surface area contributed by atoms with Gasteiger partial charge in [-0.15, -0.1) is 0 Å². The van der Waals surface area contributed by atoms with Gasteiger partial charge in [0.2, 0.25) is 5.91 Å². The van der Waals surface area contributed by atoms with Gasteiger partial charge in [-0.1, -0.05) is 296 Å². The van der Waals surface area contributed by atoms with Crippen molar-refractivity contribution < 1.29 is 24.5 Å². The molecule has 0 aliphatic rings. The molecule has 3 N–H and O–H groups in total. The molecule has 68 heavy (non-hydrogen) atoms. The lowest BCUT2D eigenvalue weighted by atomic mass is 10.0. The minimum Gasteiger partial charge on any atom is -0.466 e. The van der Waals surface area contributed by atoms with Gasteiger partial charge in [0, 0.05) is 12.8 Å². The fourth-order valence-electron chi connectivity index (χ4n) is 9.81. The first-order valence-electron chi connectivity index (χ1n) is 30.9. The van der Waals surface area contributed by atoms with Crippen LogP contribution in [0.2, 0.25) is 0 Å². The zero-order valence-corrected chi connectivity index (χ0v) is 46.1. The van der Waals surface area contributed by atoms with E-state index in [1.807, 2.05) is 0 Å². The largest absolute Gasteiger partial charge is 0.466 e. The molecule has 0 saturated carbocycles. The van der Waals surface area contributed by atoms with Crippen LogP contribution < -0.4 is 5.32 Å². The summed E-state index contributed by atoms with van der Waals surface area (Å²) in [5.74, 6) is -0.0348. The molecule has 6 nitrogen and oxygen atoms in total. The number of unbranched alkanes of at least 4 members (excludes halogenated alkanes) is 45. The molecule has 0 fully saturated rings. The summed E-state index contributed by atoms with van der Waals surface area (Å²) < 4.78 is 5.47. The van der Waals surface area contributed by atoms with Gasteiger partial charge in [-0.05, 0) is 51.4 Å². The van der Waals surface area contributed by atoms with Gasteiger partial charge >= 0.3 is 5.97 Å². The van der Waals surface area contributed by atoms with Crippen molar-refractivity contribution in [2.75, 3.05) is 13.2 Å². The van der Waals surface area contributed by atoms with Crippen LogP contribution in [0, 0.1) is 0 Å². The van der Waals surface area contributed by atoms with Crippen molar-refractivity contribution in [1.29, 1.82) is 0 Å². The number of ether oxygens (including phenoxy) is 1. The third-order valence-electron chi connectivity index (χ3n) is 14.6. The molecule has 1 amide bonds. The monoisotopic (exact) mass is 960 g/mol. The van der Waals surface area contributed by atoms with E-state index in [4.69, 9.17) is 4.74 Å². The number of allylic oxidation sites excluding steroid dienone is 2. The van der Waals surface area contributed by atoms with Gasteiger partial charge in [-0.3, -0.25) is 9.59 Å². The molecule has 6 heteroatoms. The highest BCUT2D eigenvalue weighted by Crippen LogP contribution is 2.18. The Bertz CT molecular complexity index is 1020. The minimum atomic E-state index is -0.670. The molecule has 2 atom stereocenters. The minimum absolute atomic E-state index is 0.00632. The molecule has 0 aromatic heterocycles. The number of carbonyl (C=O) groups is 2. The summed E-state index contributed by atoms with van der Waals surface area (Å²) in [4.78, 5) is 24.5. The smallest absolute Gasteiger partial charge is 0.305 e. The van der Waals surface area contributed by atoms with Crippen molar-refractivity contribution in [3.63, 3.8) is 0 Å². The molecule has 0 aliphatic carbocycles. The van der Waals surface area contributed by atoms with Crippen LogP contribution in [-0.2, 0) is 14.3 Å². The van der Waals surface area contributed by atoms with Gasteiger partial charge in [0.15, 0.2) is 0 Å². The Morgan fingerprint density at radius 3 is 1.04 bits per heavy atom. The molecule has 0 rings (SSSR count). The van der Waals surface area contributed by atoms with Crippen molar-refractivity contribution >= 4 is 11.9 Å². The maximum atomic E-state index is 12.5. The Hall–Kier alpha value is -1.40. The Morgan fingerprint density at radius 2 is 0.691 bits per heavy atom. The fraction of sp³-hybridized carbons (Fsp3) is 0.935. The first-order valence-corrected chi connectivity index (χ1v) is 30.9. The van der Waals surface area contributed by atoms with Crippen LogP contribution in [0.1, 0.15) is 348 Å². The predicted octanol–water partition coefficient (Wildman–Crippen LogP) is 19.2. The van der Waals surface area contributed by atoms with Crippen LogP contribution in [0.5, 0.6) is 0 Å². The maximum absolute atomic E-state index is 12.5. The van der Waals surface area contributed by atoms with Gasteiger partial charge in [-0.25, -0.2) is 0 Å². The second-order valence-electron chi connectivity index (χ2n) is 21.4. The average molecular weight is 961 g/mol. The molecular weight excluding hydrogens is 839 g/mol. The maximum Gasteiger partial charge on any atom is 0.305 e. The SMILES string of the molecule is CCCCCCCCCCCCCCCCCCCCCC(O)C(CO)NC(=O)CCCCCCCCC/C=C\CCCCCCCCCCOC(=O)CCCCCCCCCCCCCCC. The second kappa shape index (κ2) is 58.2. The number of carbonyl (C=O) groups excluding carboxylic acids is 2. The van der Waals surface area contributed by atoms with Crippen LogP contribution in [0.25, 0.3) is 0 Å². The third kappa shape index (κ3) is 53.9. The van der Waals surface area contributed by atoms with Crippen LogP contribution in [-0.4, -0.2) is 47.4 Å².